The van der Waals surface area contributed by atoms with Crippen LogP contribution in [0.1, 0.15) is 42.1 Å². The molecular formula is C20H23NO3. The van der Waals surface area contributed by atoms with E-state index in [0.717, 1.165) is 35.3 Å². The Kier molecular flexibility index (Phi) is 5.16. The summed E-state index contributed by atoms with van der Waals surface area (Å²) in [5.41, 5.74) is 2.93. The Hall–Kier alpha value is -2.33. The molecule has 0 unspecified atom stereocenters. The molecule has 1 aliphatic rings. The van der Waals surface area contributed by atoms with Gasteiger partial charge in [0.2, 0.25) is 5.91 Å². The van der Waals surface area contributed by atoms with Crippen molar-refractivity contribution >= 4 is 5.91 Å². The summed E-state index contributed by atoms with van der Waals surface area (Å²) in [6, 6.07) is 15.5. The molecule has 1 amide bonds. The second-order valence-electron chi connectivity index (χ2n) is 6.10. The first-order valence-electron chi connectivity index (χ1n) is 8.45. The zero-order valence-electron chi connectivity index (χ0n) is 13.9. The molecular weight excluding hydrogens is 302 g/mol. The number of hydrogen-bond donors (Lipinski definition) is 2. The number of hydrogen-bond acceptors (Lipinski definition) is 3. The van der Waals surface area contributed by atoms with Crippen molar-refractivity contribution in [3.8, 4) is 5.75 Å². The first-order chi connectivity index (χ1) is 11.7. The van der Waals surface area contributed by atoms with E-state index in [9.17, 15) is 9.90 Å². The Morgan fingerprint density at radius 2 is 2.00 bits per heavy atom. The van der Waals surface area contributed by atoms with E-state index >= 15 is 0 Å². The van der Waals surface area contributed by atoms with Crippen LogP contribution >= 0.6 is 0 Å². The molecule has 1 heterocycles. The van der Waals surface area contributed by atoms with Gasteiger partial charge in [-0.25, -0.2) is 0 Å². The van der Waals surface area contributed by atoms with Crippen molar-refractivity contribution in [2.24, 2.45) is 0 Å². The Balaban J connectivity index is 1.61. The molecule has 2 N–H and O–H groups in total. The zero-order chi connectivity index (χ0) is 16.9. The van der Waals surface area contributed by atoms with Gasteiger partial charge in [0.1, 0.15) is 5.75 Å². The van der Waals surface area contributed by atoms with Crippen LogP contribution in [-0.4, -0.2) is 24.2 Å². The summed E-state index contributed by atoms with van der Waals surface area (Å²) in [6.45, 7) is 2.90. The Labute approximate surface area is 142 Å². The molecule has 0 fully saturated rings. The number of benzene rings is 2. The van der Waals surface area contributed by atoms with Crippen LogP contribution in [0.2, 0.25) is 0 Å². The predicted molar refractivity (Wildman–Crippen MR) is 93.1 cm³/mol. The van der Waals surface area contributed by atoms with Crippen LogP contribution in [0.3, 0.4) is 0 Å². The molecule has 0 aromatic heterocycles. The summed E-state index contributed by atoms with van der Waals surface area (Å²) >= 11 is 0. The van der Waals surface area contributed by atoms with Crippen molar-refractivity contribution in [2.45, 2.75) is 31.8 Å². The molecule has 0 saturated carbocycles. The fourth-order valence-corrected chi connectivity index (χ4v) is 3.11. The minimum Gasteiger partial charge on any atom is -0.493 e. The van der Waals surface area contributed by atoms with Crippen molar-refractivity contribution in [2.75, 3.05) is 13.2 Å². The van der Waals surface area contributed by atoms with Crippen LogP contribution in [0.5, 0.6) is 5.75 Å². The van der Waals surface area contributed by atoms with Crippen molar-refractivity contribution in [3.05, 3.63) is 65.2 Å². The molecule has 4 heteroatoms. The lowest BCUT2D eigenvalue weighted by Gasteiger charge is -2.18. The van der Waals surface area contributed by atoms with Crippen LogP contribution < -0.4 is 10.1 Å². The molecule has 2 aromatic carbocycles. The molecule has 4 nitrogen and oxygen atoms in total. The maximum Gasteiger partial charge on any atom is 0.227 e. The van der Waals surface area contributed by atoms with Gasteiger partial charge in [0.15, 0.2) is 0 Å². The number of carbonyl (C=O) groups excluding carboxylic acids is 1. The third-order valence-corrected chi connectivity index (χ3v) is 4.49. The van der Waals surface area contributed by atoms with E-state index < -0.39 is 6.10 Å². The third-order valence-electron chi connectivity index (χ3n) is 4.49. The first kappa shape index (κ1) is 16.5. The average molecular weight is 325 g/mol. The van der Waals surface area contributed by atoms with Gasteiger partial charge in [0, 0.05) is 13.0 Å². The van der Waals surface area contributed by atoms with Gasteiger partial charge < -0.3 is 15.2 Å². The first-order valence-corrected chi connectivity index (χ1v) is 8.45. The van der Waals surface area contributed by atoms with Gasteiger partial charge >= 0.3 is 0 Å². The van der Waals surface area contributed by atoms with Gasteiger partial charge in [-0.2, -0.15) is 0 Å². The number of nitrogens with one attached hydrogen (secondary N) is 1. The van der Waals surface area contributed by atoms with Crippen LogP contribution in [-0.2, 0) is 11.2 Å². The van der Waals surface area contributed by atoms with Crippen LogP contribution in [0, 0.1) is 0 Å². The lowest BCUT2D eigenvalue weighted by Crippen LogP contribution is -2.32. The Morgan fingerprint density at radius 3 is 2.75 bits per heavy atom. The third kappa shape index (κ3) is 3.60. The summed E-state index contributed by atoms with van der Waals surface area (Å²) in [4.78, 5) is 12.5. The monoisotopic (exact) mass is 325 g/mol. The summed E-state index contributed by atoms with van der Waals surface area (Å²) in [5.74, 6) is 0.657. The van der Waals surface area contributed by atoms with E-state index in [2.05, 4.69) is 5.32 Å². The number of amides is 1. The zero-order valence-corrected chi connectivity index (χ0v) is 13.9. The van der Waals surface area contributed by atoms with Gasteiger partial charge in [-0.1, -0.05) is 43.3 Å². The second kappa shape index (κ2) is 7.49. The van der Waals surface area contributed by atoms with Gasteiger partial charge in [-0.3, -0.25) is 4.79 Å². The summed E-state index contributed by atoms with van der Waals surface area (Å²) in [5, 5.41) is 13.2. The molecule has 0 radical (unpaired) electrons. The minimum absolute atomic E-state index is 0.0488. The van der Waals surface area contributed by atoms with E-state index in [1.807, 2.05) is 55.5 Å². The summed E-state index contributed by atoms with van der Waals surface area (Å²) in [7, 11) is 0. The maximum atomic E-state index is 12.5. The molecule has 1 aliphatic heterocycles. The van der Waals surface area contributed by atoms with Crippen LogP contribution in [0.15, 0.2) is 48.5 Å². The molecule has 24 heavy (non-hydrogen) atoms. The molecule has 0 bridgehead atoms. The Bertz CT molecular complexity index is 699. The largest absolute Gasteiger partial charge is 0.493 e. The lowest BCUT2D eigenvalue weighted by atomic mass is 9.95. The van der Waals surface area contributed by atoms with Crippen molar-refractivity contribution in [1.82, 2.24) is 5.32 Å². The number of carbonyl (C=O) groups is 1. The van der Waals surface area contributed by atoms with Gasteiger partial charge in [0.25, 0.3) is 0 Å². The highest BCUT2D eigenvalue weighted by molar-refractivity contribution is 5.83. The quantitative estimate of drug-likeness (QED) is 0.858. The molecule has 2 aromatic rings. The topological polar surface area (TPSA) is 58.6 Å². The van der Waals surface area contributed by atoms with Crippen molar-refractivity contribution in [1.29, 1.82) is 0 Å². The lowest BCUT2D eigenvalue weighted by molar-refractivity contribution is -0.123. The van der Waals surface area contributed by atoms with E-state index in [0.29, 0.717) is 6.61 Å². The fourth-order valence-electron chi connectivity index (χ4n) is 3.11. The standard InChI is InChI=1S/C20H23NO3/c1-2-17(14-6-4-3-5-7-14)20(23)21-13-18(22)15-8-9-19-16(12-15)10-11-24-19/h3-9,12,17-18,22H,2,10-11,13H2,1H3,(H,21,23)/t17-,18+/m0/s1. The van der Waals surface area contributed by atoms with Gasteiger partial charge in [-0.15, -0.1) is 0 Å². The normalized spacial score (nSPS) is 15.2. The maximum absolute atomic E-state index is 12.5. The van der Waals surface area contributed by atoms with E-state index in [1.54, 1.807) is 0 Å². The SMILES string of the molecule is CC[C@H](C(=O)NC[C@@H](O)c1ccc2c(c1)CCO2)c1ccccc1. The van der Waals surface area contributed by atoms with Gasteiger partial charge in [-0.05, 0) is 35.2 Å². The van der Waals surface area contributed by atoms with E-state index in [-0.39, 0.29) is 18.4 Å². The van der Waals surface area contributed by atoms with Gasteiger partial charge in [0.05, 0.1) is 18.6 Å². The number of fused-ring (bicyclic) bond motifs is 1. The molecule has 0 saturated heterocycles. The van der Waals surface area contributed by atoms with E-state index in [4.69, 9.17) is 4.74 Å². The molecule has 3 rings (SSSR count). The van der Waals surface area contributed by atoms with Crippen LogP contribution in [0.25, 0.3) is 0 Å². The molecule has 0 aliphatic carbocycles. The summed E-state index contributed by atoms with van der Waals surface area (Å²) < 4.78 is 5.48. The molecule has 0 spiro atoms. The average Bonchev–Trinajstić information content (AvgIpc) is 3.09. The molecule has 2 atom stereocenters. The van der Waals surface area contributed by atoms with Crippen molar-refractivity contribution in [3.63, 3.8) is 0 Å². The fraction of sp³-hybridized carbons (Fsp3) is 0.350. The molecule has 126 valence electrons. The predicted octanol–water partition coefficient (Wildman–Crippen LogP) is 2.96. The highest BCUT2D eigenvalue weighted by Crippen LogP contribution is 2.28. The number of aliphatic hydroxyl groups is 1. The summed E-state index contributed by atoms with van der Waals surface area (Å²) in [6.07, 6.45) is 0.879. The van der Waals surface area contributed by atoms with E-state index in [1.165, 1.54) is 0 Å². The number of ether oxygens (including phenoxy) is 1. The smallest absolute Gasteiger partial charge is 0.227 e. The number of aliphatic hydroxyl groups excluding tert-OH is 1. The highest BCUT2D eigenvalue weighted by atomic mass is 16.5. The Morgan fingerprint density at radius 1 is 1.21 bits per heavy atom. The number of rotatable bonds is 6. The van der Waals surface area contributed by atoms with Crippen molar-refractivity contribution < 1.29 is 14.6 Å². The highest BCUT2D eigenvalue weighted by Gasteiger charge is 2.20. The second-order valence-corrected chi connectivity index (χ2v) is 6.10. The van der Waals surface area contributed by atoms with Crippen LogP contribution in [0.4, 0.5) is 0 Å². The minimum atomic E-state index is -0.715.